The summed E-state index contributed by atoms with van der Waals surface area (Å²) < 4.78 is 15.1. The van der Waals surface area contributed by atoms with Crippen LogP contribution in [0.4, 0.5) is 14.3 Å². The first-order valence-corrected chi connectivity index (χ1v) is 9.14. The molecule has 26 heavy (non-hydrogen) atoms. The number of anilines is 1. The molecule has 3 aromatic rings. The van der Waals surface area contributed by atoms with E-state index < -0.39 is 0 Å². The Balaban J connectivity index is 1.46. The molecule has 0 saturated heterocycles. The third-order valence-electron chi connectivity index (χ3n) is 4.22. The van der Waals surface area contributed by atoms with Crippen molar-refractivity contribution in [1.29, 1.82) is 0 Å². The Morgan fingerprint density at radius 1 is 1.31 bits per heavy atom. The summed E-state index contributed by atoms with van der Waals surface area (Å²) >= 11 is 1.39. The van der Waals surface area contributed by atoms with Gasteiger partial charge in [0.1, 0.15) is 11.6 Å². The molecule has 9 heteroatoms. The van der Waals surface area contributed by atoms with Gasteiger partial charge in [-0.25, -0.2) is 14.2 Å². The van der Waals surface area contributed by atoms with Crippen molar-refractivity contribution in [2.75, 3.05) is 5.32 Å². The number of benzene rings is 1. The predicted molar refractivity (Wildman–Crippen MR) is 96.5 cm³/mol. The number of amides is 2. The molecule has 1 atom stereocenters. The number of fused-ring (bicyclic) bond motifs is 1. The number of nitrogens with one attached hydrogen (secondary N) is 2. The molecule has 2 aromatic heterocycles. The average molecular weight is 372 g/mol. The second-order valence-electron chi connectivity index (χ2n) is 6.19. The van der Waals surface area contributed by atoms with Gasteiger partial charge in [-0.3, -0.25) is 5.32 Å². The normalized spacial score (nSPS) is 16.2. The Morgan fingerprint density at radius 3 is 2.85 bits per heavy atom. The minimum absolute atomic E-state index is 0.0428. The fourth-order valence-electron chi connectivity index (χ4n) is 2.99. The van der Waals surface area contributed by atoms with Crippen LogP contribution in [0.1, 0.15) is 17.9 Å². The molecule has 0 spiro atoms. The third-order valence-corrected chi connectivity index (χ3v) is 5.10. The van der Waals surface area contributed by atoms with E-state index in [1.165, 1.54) is 23.5 Å². The highest BCUT2D eigenvalue weighted by Crippen LogP contribution is 2.23. The summed E-state index contributed by atoms with van der Waals surface area (Å²) in [6.45, 7) is 2.45. The number of hydrogen-bond donors (Lipinski definition) is 2. The number of rotatable bonds is 3. The number of hydrogen-bond acceptors (Lipinski definition) is 5. The maximum absolute atomic E-state index is 13.2. The topological polar surface area (TPSA) is 84.7 Å². The van der Waals surface area contributed by atoms with Crippen LogP contribution in [-0.2, 0) is 13.0 Å². The van der Waals surface area contributed by atoms with Crippen molar-refractivity contribution < 1.29 is 9.18 Å². The van der Waals surface area contributed by atoms with Gasteiger partial charge in [0.25, 0.3) is 0 Å². The molecule has 1 unspecified atom stereocenters. The molecule has 7 nitrogen and oxygen atoms in total. The van der Waals surface area contributed by atoms with Gasteiger partial charge < -0.3 is 9.88 Å². The molecule has 2 N–H and O–H groups in total. The minimum Gasteiger partial charge on any atom is -0.333 e. The summed E-state index contributed by atoms with van der Waals surface area (Å²) in [5.41, 5.74) is 1.68. The maximum atomic E-state index is 13.2. The fraction of sp³-hybridized carbons (Fsp3) is 0.294. The van der Waals surface area contributed by atoms with E-state index in [0.717, 1.165) is 29.9 Å². The van der Waals surface area contributed by atoms with E-state index in [1.807, 2.05) is 16.9 Å². The van der Waals surface area contributed by atoms with E-state index in [0.29, 0.717) is 17.5 Å². The summed E-state index contributed by atoms with van der Waals surface area (Å²) in [6.07, 6.45) is 1.50. The standard InChI is InChI=1S/C17H17FN6OS/c1-10-9-26-17(19-10)21-16(25)20-13-6-7-14-22-23-15(24(14)8-13)11-2-4-12(18)5-3-11/h2-5,9,13H,6-8H2,1H3,(H2,19,20,21,25). The summed E-state index contributed by atoms with van der Waals surface area (Å²) in [5.74, 6) is 1.27. The highest BCUT2D eigenvalue weighted by atomic mass is 32.1. The van der Waals surface area contributed by atoms with Gasteiger partial charge in [0.2, 0.25) is 0 Å². The number of aromatic nitrogens is 4. The Morgan fingerprint density at radius 2 is 2.12 bits per heavy atom. The van der Waals surface area contributed by atoms with E-state index >= 15 is 0 Å². The molecule has 0 saturated carbocycles. The first-order chi connectivity index (χ1) is 12.6. The lowest BCUT2D eigenvalue weighted by atomic mass is 10.1. The number of urea groups is 1. The van der Waals surface area contributed by atoms with E-state index in [4.69, 9.17) is 0 Å². The number of halogens is 1. The second-order valence-corrected chi connectivity index (χ2v) is 7.04. The molecule has 0 radical (unpaired) electrons. The smallest absolute Gasteiger partial charge is 0.321 e. The Hall–Kier alpha value is -2.81. The third kappa shape index (κ3) is 3.43. The Labute approximate surface area is 153 Å². The molecule has 0 fully saturated rings. The van der Waals surface area contributed by atoms with Crippen molar-refractivity contribution in [1.82, 2.24) is 25.1 Å². The second kappa shape index (κ2) is 6.83. The summed E-state index contributed by atoms with van der Waals surface area (Å²) in [6, 6.07) is 5.85. The fourth-order valence-corrected chi connectivity index (χ4v) is 3.67. The van der Waals surface area contributed by atoms with Crippen molar-refractivity contribution in [2.24, 2.45) is 0 Å². The maximum Gasteiger partial charge on any atom is 0.321 e. The lowest BCUT2D eigenvalue weighted by Gasteiger charge is -2.25. The molecule has 3 heterocycles. The van der Waals surface area contributed by atoms with E-state index in [2.05, 4.69) is 25.8 Å². The first-order valence-electron chi connectivity index (χ1n) is 8.26. The van der Waals surface area contributed by atoms with Crippen LogP contribution in [0.5, 0.6) is 0 Å². The number of thiazole rings is 1. The van der Waals surface area contributed by atoms with Crippen LogP contribution in [0, 0.1) is 12.7 Å². The van der Waals surface area contributed by atoms with Crippen LogP contribution in [0.3, 0.4) is 0 Å². The number of carbonyl (C=O) groups is 1. The molecule has 1 aromatic carbocycles. The van der Waals surface area contributed by atoms with Crippen molar-refractivity contribution in [3.05, 3.63) is 47.0 Å². The summed E-state index contributed by atoms with van der Waals surface area (Å²) in [5, 5.41) is 16.6. The zero-order valence-corrected chi connectivity index (χ0v) is 14.9. The lowest BCUT2D eigenvalue weighted by molar-refractivity contribution is 0.244. The van der Waals surface area contributed by atoms with Gasteiger partial charge in [0, 0.05) is 30.0 Å². The number of carbonyl (C=O) groups excluding carboxylic acids is 1. The van der Waals surface area contributed by atoms with Gasteiger partial charge in [-0.05, 0) is 37.6 Å². The molecule has 1 aliphatic rings. The highest BCUT2D eigenvalue weighted by molar-refractivity contribution is 7.13. The van der Waals surface area contributed by atoms with Crippen molar-refractivity contribution in [3.63, 3.8) is 0 Å². The molecule has 1 aliphatic heterocycles. The molecular formula is C17H17FN6OS. The number of aryl methyl sites for hydroxylation is 2. The zero-order valence-electron chi connectivity index (χ0n) is 14.1. The molecule has 0 bridgehead atoms. The lowest BCUT2D eigenvalue weighted by Crippen LogP contribution is -2.43. The van der Waals surface area contributed by atoms with Crippen LogP contribution in [0.25, 0.3) is 11.4 Å². The summed E-state index contributed by atoms with van der Waals surface area (Å²) in [7, 11) is 0. The SMILES string of the molecule is Cc1csc(NC(=O)NC2CCc3nnc(-c4ccc(F)cc4)n3C2)n1. The monoisotopic (exact) mass is 372 g/mol. The van der Waals surface area contributed by atoms with Crippen LogP contribution in [0.15, 0.2) is 29.6 Å². The van der Waals surface area contributed by atoms with Gasteiger partial charge in [-0.2, -0.15) is 0 Å². The van der Waals surface area contributed by atoms with Crippen LogP contribution in [0.2, 0.25) is 0 Å². The molecule has 4 rings (SSSR count). The van der Waals surface area contributed by atoms with Gasteiger partial charge in [-0.15, -0.1) is 21.5 Å². The van der Waals surface area contributed by atoms with Gasteiger partial charge in [0.05, 0.1) is 5.69 Å². The highest BCUT2D eigenvalue weighted by Gasteiger charge is 2.24. The summed E-state index contributed by atoms with van der Waals surface area (Å²) in [4.78, 5) is 16.4. The van der Waals surface area contributed by atoms with Crippen LogP contribution < -0.4 is 10.6 Å². The van der Waals surface area contributed by atoms with Gasteiger partial charge >= 0.3 is 6.03 Å². The molecule has 0 aliphatic carbocycles. The number of nitrogens with zero attached hydrogens (tertiary/aromatic N) is 4. The Kier molecular flexibility index (Phi) is 4.37. The zero-order chi connectivity index (χ0) is 18.1. The van der Waals surface area contributed by atoms with Crippen molar-refractivity contribution >= 4 is 22.5 Å². The van der Waals surface area contributed by atoms with Crippen molar-refractivity contribution in [2.45, 2.75) is 32.4 Å². The van der Waals surface area contributed by atoms with Crippen LogP contribution in [-0.4, -0.2) is 31.8 Å². The van der Waals surface area contributed by atoms with E-state index in [-0.39, 0.29) is 17.9 Å². The van der Waals surface area contributed by atoms with Crippen LogP contribution >= 0.6 is 11.3 Å². The van der Waals surface area contributed by atoms with Crippen molar-refractivity contribution in [3.8, 4) is 11.4 Å². The van der Waals surface area contributed by atoms with E-state index in [9.17, 15) is 9.18 Å². The van der Waals surface area contributed by atoms with Gasteiger partial charge in [0.15, 0.2) is 11.0 Å². The Bertz CT molecular complexity index is 935. The molecule has 134 valence electrons. The van der Waals surface area contributed by atoms with E-state index in [1.54, 1.807) is 12.1 Å². The first kappa shape index (κ1) is 16.6. The largest absolute Gasteiger partial charge is 0.333 e. The predicted octanol–water partition coefficient (Wildman–Crippen LogP) is 2.99. The quantitative estimate of drug-likeness (QED) is 0.740. The molecule has 2 amide bonds. The molecular weight excluding hydrogens is 355 g/mol. The minimum atomic E-state index is -0.291. The van der Waals surface area contributed by atoms with Gasteiger partial charge in [-0.1, -0.05) is 0 Å². The average Bonchev–Trinajstić information content (AvgIpc) is 3.21.